The minimum Gasteiger partial charge on any atom is -0.486 e. The number of carbonyl (C=O) groups is 2. The molecular weight excluding hydrogens is 552 g/mol. The highest BCUT2D eigenvalue weighted by atomic mass is 79.9. The second kappa shape index (κ2) is 10.3. The van der Waals surface area contributed by atoms with E-state index in [-0.39, 0.29) is 50.8 Å². The number of amides is 2. The standard InChI is InChI=1S/C24H15BrCl2FNO3S/c25-17-7-5-14(6-8-17)12-29-23(30)21(33-24(29)31)11-15-9-18(26)22(19(27)10-15)32-13-16-3-1-2-4-20(16)28/h1-11H,12-13H2/b21-11-. The zero-order valence-corrected chi connectivity index (χ0v) is 20.8. The summed E-state index contributed by atoms with van der Waals surface area (Å²) in [4.78, 5) is 26.7. The largest absolute Gasteiger partial charge is 0.486 e. The quantitative estimate of drug-likeness (QED) is 0.287. The van der Waals surface area contributed by atoms with Gasteiger partial charge in [0.2, 0.25) is 0 Å². The SMILES string of the molecule is O=C1S/C(=C\c2cc(Cl)c(OCc3ccccc3F)c(Cl)c2)C(=O)N1Cc1ccc(Br)cc1. The van der Waals surface area contributed by atoms with E-state index in [1.807, 2.05) is 24.3 Å². The fraction of sp³-hybridized carbons (Fsp3) is 0.0833. The highest BCUT2D eigenvalue weighted by molar-refractivity contribution is 9.10. The Morgan fingerprint density at radius 1 is 1.03 bits per heavy atom. The van der Waals surface area contributed by atoms with Crippen LogP contribution in [0.3, 0.4) is 0 Å². The van der Waals surface area contributed by atoms with Gasteiger partial charge in [0.15, 0.2) is 5.75 Å². The number of carbonyl (C=O) groups excluding carboxylic acids is 2. The topological polar surface area (TPSA) is 46.6 Å². The van der Waals surface area contributed by atoms with E-state index < -0.39 is 0 Å². The van der Waals surface area contributed by atoms with Crippen molar-refractivity contribution in [1.29, 1.82) is 0 Å². The molecular formula is C24H15BrCl2FNO3S. The molecule has 1 fully saturated rings. The molecule has 1 aliphatic rings. The summed E-state index contributed by atoms with van der Waals surface area (Å²) in [7, 11) is 0. The minimum atomic E-state index is -0.389. The number of hydrogen-bond donors (Lipinski definition) is 0. The van der Waals surface area contributed by atoms with Gasteiger partial charge in [-0.3, -0.25) is 14.5 Å². The second-order valence-electron chi connectivity index (χ2n) is 7.09. The maximum Gasteiger partial charge on any atom is 0.293 e. The van der Waals surface area contributed by atoms with E-state index in [4.69, 9.17) is 27.9 Å². The Bertz CT molecular complexity index is 1240. The molecule has 3 aromatic rings. The Morgan fingerprint density at radius 3 is 2.36 bits per heavy atom. The van der Waals surface area contributed by atoms with E-state index in [9.17, 15) is 14.0 Å². The molecule has 4 nitrogen and oxygen atoms in total. The van der Waals surface area contributed by atoms with Crippen LogP contribution in [0.5, 0.6) is 5.75 Å². The van der Waals surface area contributed by atoms with Gasteiger partial charge in [0.05, 0.1) is 21.5 Å². The molecule has 2 amide bonds. The molecule has 1 aliphatic heterocycles. The molecule has 0 atom stereocenters. The van der Waals surface area contributed by atoms with Crippen molar-refractivity contribution in [2.75, 3.05) is 0 Å². The van der Waals surface area contributed by atoms with Crippen molar-refractivity contribution in [2.45, 2.75) is 13.2 Å². The molecule has 0 unspecified atom stereocenters. The van der Waals surface area contributed by atoms with Gasteiger partial charge in [-0.05, 0) is 59.3 Å². The van der Waals surface area contributed by atoms with Gasteiger partial charge in [-0.15, -0.1) is 0 Å². The molecule has 0 spiro atoms. The van der Waals surface area contributed by atoms with Crippen LogP contribution in [0.25, 0.3) is 6.08 Å². The van der Waals surface area contributed by atoms with Crippen molar-refractivity contribution < 1.29 is 18.7 Å². The smallest absolute Gasteiger partial charge is 0.293 e. The monoisotopic (exact) mass is 565 g/mol. The summed E-state index contributed by atoms with van der Waals surface area (Å²) >= 11 is 16.9. The number of rotatable bonds is 6. The Morgan fingerprint density at radius 2 is 1.70 bits per heavy atom. The highest BCUT2D eigenvalue weighted by Gasteiger charge is 2.35. The fourth-order valence-electron chi connectivity index (χ4n) is 3.13. The lowest BCUT2D eigenvalue weighted by Gasteiger charge is -2.12. The summed E-state index contributed by atoms with van der Waals surface area (Å²) in [5.74, 6) is -0.567. The second-order valence-corrected chi connectivity index (χ2v) is 9.81. The lowest BCUT2D eigenvalue weighted by atomic mass is 10.2. The number of thioether (sulfide) groups is 1. The summed E-state index contributed by atoms with van der Waals surface area (Å²) in [5.41, 5.74) is 1.75. The number of benzene rings is 3. The minimum absolute atomic E-state index is 0.0413. The van der Waals surface area contributed by atoms with Crippen LogP contribution in [-0.4, -0.2) is 16.0 Å². The third kappa shape index (κ3) is 5.61. The van der Waals surface area contributed by atoms with Crippen LogP contribution in [0.2, 0.25) is 10.0 Å². The van der Waals surface area contributed by atoms with Crippen LogP contribution in [0.15, 0.2) is 70.0 Å². The first kappa shape index (κ1) is 23.8. The number of nitrogens with zero attached hydrogens (tertiary/aromatic N) is 1. The van der Waals surface area contributed by atoms with E-state index in [0.29, 0.717) is 11.1 Å². The molecule has 3 aromatic carbocycles. The fourth-order valence-corrected chi connectivity index (χ4v) is 4.84. The molecule has 0 saturated carbocycles. The Hall–Kier alpha value is -2.32. The molecule has 1 saturated heterocycles. The van der Waals surface area contributed by atoms with Crippen LogP contribution in [-0.2, 0) is 17.9 Å². The van der Waals surface area contributed by atoms with Gasteiger partial charge < -0.3 is 4.74 Å². The molecule has 1 heterocycles. The van der Waals surface area contributed by atoms with Crippen LogP contribution >= 0.6 is 50.9 Å². The summed E-state index contributed by atoms with van der Waals surface area (Å²) in [6.45, 7) is 0.139. The van der Waals surface area contributed by atoms with E-state index in [0.717, 1.165) is 21.8 Å². The van der Waals surface area contributed by atoms with Gasteiger partial charge in [0.25, 0.3) is 11.1 Å². The molecule has 0 bridgehead atoms. The lowest BCUT2D eigenvalue weighted by Crippen LogP contribution is -2.27. The maximum absolute atomic E-state index is 13.8. The van der Waals surface area contributed by atoms with Crippen molar-refractivity contribution in [3.8, 4) is 5.75 Å². The number of imide groups is 1. The normalized spacial score (nSPS) is 14.9. The summed E-state index contributed by atoms with van der Waals surface area (Å²) in [6.07, 6.45) is 1.56. The molecule has 33 heavy (non-hydrogen) atoms. The highest BCUT2D eigenvalue weighted by Crippen LogP contribution is 2.38. The van der Waals surface area contributed by atoms with E-state index in [1.165, 1.54) is 11.0 Å². The predicted molar refractivity (Wildman–Crippen MR) is 133 cm³/mol. The summed E-state index contributed by atoms with van der Waals surface area (Å²) < 4.78 is 20.4. The Labute approximate surface area is 212 Å². The van der Waals surface area contributed by atoms with Gasteiger partial charge in [0, 0.05) is 10.0 Å². The lowest BCUT2D eigenvalue weighted by molar-refractivity contribution is -0.123. The van der Waals surface area contributed by atoms with E-state index in [2.05, 4.69) is 15.9 Å². The third-order valence-corrected chi connectivity index (χ3v) is 6.77. The third-order valence-electron chi connectivity index (χ3n) is 4.78. The van der Waals surface area contributed by atoms with Crippen molar-refractivity contribution in [3.05, 3.63) is 103 Å². The Balaban J connectivity index is 1.50. The number of halogens is 4. The number of ether oxygens (including phenoxy) is 1. The number of hydrogen-bond acceptors (Lipinski definition) is 4. The summed E-state index contributed by atoms with van der Waals surface area (Å²) in [6, 6.07) is 16.8. The molecule has 0 radical (unpaired) electrons. The van der Waals surface area contributed by atoms with Gasteiger partial charge in [-0.1, -0.05) is 69.5 Å². The first-order chi connectivity index (χ1) is 15.8. The molecule has 9 heteroatoms. The molecule has 0 N–H and O–H groups in total. The maximum atomic E-state index is 13.8. The van der Waals surface area contributed by atoms with Gasteiger partial charge in [0.1, 0.15) is 12.4 Å². The van der Waals surface area contributed by atoms with Crippen molar-refractivity contribution in [1.82, 2.24) is 4.90 Å². The van der Waals surface area contributed by atoms with Crippen molar-refractivity contribution in [2.24, 2.45) is 0 Å². The molecule has 0 aliphatic carbocycles. The van der Waals surface area contributed by atoms with Crippen LogP contribution in [0, 0.1) is 5.82 Å². The van der Waals surface area contributed by atoms with Crippen molar-refractivity contribution >= 4 is 68.1 Å². The van der Waals surface area contributed by atoms with Crippen LogP contribution in [0.4, 0.5) is 9.18 Å². The average molecular weight is 567 g/mol. The Kier molecular flexibility index (Phi) is 7.44. The molecule has 0 aromatic heterocycles. The van der Waals surface area contributed by atoms with E-state index in [1.54, 1.807) is 36.4 Å². The first-order valence-corrected chi connectivity index (χ1v) is 12.0. The van der Waals surface area contributed by atoms with Crippen LogP contribution < -0.4 is 4.74 Å². The van der Waals surface area contributed by atoms with Crippen molar-refractivity contribution in [3.63, 3.8) is 0 Å². The average Bonchev–Trinajstić information content (AvgIpc) is 3.03. The van der Waals surface area contributed by atoms with Gasteiger partial charge in [-0.25, -0.2) is 4.39 Å². The van der Waals surface area contributed by atoms with Gasteiger partial charge >= 0.3 is 0 Å². The van der Waals surface area contributed by atoms with Gasteiger partial charge in [-0.2, -0.15) is 0 Å². The van der Waals surface area contributed by atoms with Crippen LogP contribution in [0.1, 0.15) is 16.7 Å². The summed E-state index contributed by atoms with van der Waals surface area (Å²) in [5, 5.41) is 0.0644. The zero-order valence-electron chi connectivity index (χ0n) is 16.9. The van der Waals surface area contributed by atoms with E-state index >= 15 is 0 Å². The molecule has 4 rings (SSSR count). The molecule has 168 valence electrons. The zero-order chi connectivity index (χ0) is 23.5. The predicted octanol–water partition coefficient (Wildman–Crippen LogP) is 7.71. The first-order valence-electron chi connectivity index (χ1n) is 9.67.